The number of anilines is 2. The Morgan fingerprint density at radius 3 is 2.78 bits per heavy atom. The molecule has 2 fully saturated rings. The van der Waals surface area contributed by atoms with Crippen LogP contribution in [0.2, 0.25) is 0 Å². The number of nitrogens with two attached hydrogens (primary N) is 1. The van der Waals surface area contributed by atoms with Gasteiger partial charge in [-0.2, -0.15) is 0 Å². The Kier molecular flexibility index (Phi) is 3.07. The molecular weight excluding hydrogens is 226 g/mol. The first kappa shape index (κ1) is 11.7. The second-order valence-electron chi connectivity index (χ2n) is 5.42. The Bertz CT molecular complexity index is 400. The molecule has 0 spiro atoms. The second kappa shape index (κ2) is 4.72. The van der Waals surface area contributed by atoms with Crippen LogP contribution >= 0.6 is 0 Å². The zero-order valence-corrected chi connectivity index (χ0v) is 10.9. The maximum Gasteiger partial charge on any atom is 0.134 e. The van der Waals surface area contributed by atoms with E-state index in [1.807, 2.05) is 0 Å². The molecule has 5 heteroatoms. The van der Waals surface area contributed by atoms with Gasteiger partial charge in [-0.05, 0) is 25.7 Å². The lowest BCUT2D eigenvalue weighted by Crippen LogP contribution is -2.37. The minimum atomic E-state index is 0.285. The number of hydrogen-bond acceptors (Lipinski definition) is 5. The van der Waals surface area contributed by atoms with E-state index in [0.29, 0.717) is 6.04 Å². The molecule has 18 heavy (non-hydrogen) atoms. The van der Waals surface area contributed by atoms with E-state index in [0.717, 1.165) is 31.1 Å². The van der Waals surface area contributed by atoms with Crippen LogP contribution in [0.1, 0.15) is 25.7 Å². The zero-order valence-electron chi connectivity index (χ0n) is 10.9. The molecule has 0 aromatic carbocycles. The Balaban J connectivity index is 1.76. The van der Waals surface area contributed by atoms with Crippen molar-refractivity contribution in [3.8, 4) is 0 Å². The third-order valence-electron chi connectivity index (χ3n) is 4.17. The SMILES string of the molecule is CN(c1cc(N2CCC(N)C2)ncn1)C1CCC1. The average Bonchev–Trinajstić information content (AvgIpc) is 2.74. The van der Waals surface area contributed by atoms with Crippen molar-refractivity contribution in [2.75, 3.05) is 29.9 Å². The molecule has 0 radical (unpaired) electrons. The Hall–Kier alpha value is -1.36. The molecule has 2 N–H and O–H groups in total. The van der Waals surface area contributed by atoms with Crippen molar-refractivity contribution in [3.63, 3.8) is 0 Å². The minimum Gasteiger partial charge on any atom is -0.357 e. The second-order valence-corrected chi connectivity index (χ2v) is 5.42. The van der Waals surface area contributed by atoms with Crippen LogP contribution in [0, 0.1) is 0 Å². The lowest BCUT2D eigenvalue weighted by molar-refractivity contribution is 0.399. The fourth-order valence-corrected chi connectivity index (χ4v) is 2.66. The first-order valence-corrected chi connectivity index (χ1v) is 6.79. The van der Waals surface area contributed by atoms with E-state index in [1.54, 1.807) is 6.33 Å². The third kappa shape index (κ3) is 2.14. The van der Waals surface area contributed by atoms with Crippen molar-refractivity contribution in [2.24, 2.45) is 5.73 Å². The van der Waals surface area contributed by atoms with Gasteiger partial charge in [0, 0.05) is 38.3 Å². The average molecular weight is 247 g/mol. The van der Waals surface area contributed by atoms with E-state index < -0.39 is 0 Å². The summed E-state index contributed by atoms with van der Waals surface area (Å²) < 4.78 is 0. The maximum atomic E-state index is 5.94. The van der Waals surface area contributed by atoms with Gasteiger partial charge < -0.3 is 15.5 Å². The fraction of sp³-hybridized carbons (Fsp3) is 0.692. The maximum absolute atomic E-state index is 5.94. The van der Waals surface area contributed by atoms with Gasteiger partial charge in [-0.25, -0.2) is 9.97 Å². The van der Waals surface area contributed by atoms with Crippen LogP contribution in [0.4, 0.5) is 11.6 Å². The Morgan fingerprint density at radius 2 is 2.17 bits per heavy atom. The summed E-state index contributed by atoms with van der Waals surface area (Å²) in [7, 11) is 2.13. The van der Waals surface area contributed by atoms with E-state index in [1.165, 1.54) is 19.3 Å². The zero-order chi connectivity index (χ0) is 12.5. The largest absolute Gasteiger partial charge is 0.357 e. The Labute approximate surface area is 108 Å². The van der Waals surface area contributed by atoms with E-state index in [2.05, 4.69) is 32.9 Å². The minimum absolute atomic E-state index is 0.285. The summed E-state index contributed by atoms with van der Waals surface area (Å²) in [5.41, 5.74) is 5.94. The fourth-order valence-electron chi connectivity index (χ4n) is 2.66. The van der Waals surface area contributed by atoms with Crippen LogP contribution in [0.15, 0.2) is 12.4 Å². The summed E-state index contributed by atoms with van der Waals surface area (Å²) >= 11 is 0. The Morgan fingerprint density at radius 1 is 1.33 bits per heavy atom. The van der Waals surface area contributed by atoms with Crippen LogP contribution in [0.3, 0.4) is 0 Å². The smallest absolute Gasteiger partial charge is 0.134 e. The summed E-state index contributed by atoms with van der Waals surface area (Å²) in [4.78, 5) is 13.3. The van der Waals surface area contributed by atoms with Crippen molar-refractivity contribution in [2.45, 2.75) is 37.8 Å². The molecule has 1 saturated heterocycles. The van der Waals surface area contributed by atoms with Crippen molar-refractivity contribution in [1.29, 1.82) is 0 Å². The van der Waals surface area contributed by atoms with Crippen LogP contribution in [-0.2, 0) is 0 Å². The normalized spacial score (nSPS) is 24.1. The molecule has 1 aromatic heterocycles. The predicted molar refractivity (Wildman–Crippen MR) is 72.9 cm³/mol. The van der Waals surface area contributed by atoms with Gasteiger partial charge in [0.25, 0.3) is 0 Å². The quantitative estimate of drug-likeness (QED) is 0.863. The van der Waals surface area contributed by atoms with Gasteiger partial charge in [-0.1, -0.05) is 0 Å². The highest BCUT2D eigenvalue weighted by molar-refractivity contribution is 5.51. The van der Waals surface area contributed by atoms with Gasteiger partial charge >= 0.3 is 0 Å². The highest BCUT2D eigenvalue weighted by Gasteiger charge is 2.25. The summed E-state index contributed by atoms with van der Waals surface area (Å²) in [6.07, 6.45) is 6.63. The molecule has 0 amide bonds. The lowest BCUT2D eigenvalue weighted by Gasteiger charge is -2.35. The molecule has 1 saturated carbocycles. The van der Waals surface area contributed by atoms with Gasteiger partial charge in [0.2, 0.25) is 0 Å². The van der Waals surface area contributed by atoms with E-state index in [4.69, 9.17) is 5.73 Å². The van der Waals surface area contributed by atoms with Crippen molar-refractivity contribution in [1.82, 2.24) is 9.97 Å². The molecular formula is C13H21N5. The summed E-state index contributed by atoms with van der Waals surface area (Å²) in [5.74, 6) is 2.05. The predicted octanol–water partition coefficient (Wildman–Crippen LogP) is 1.00. The standard InChI is InChI=1S/C13H21N5/c1-17(11-3-2-4-11)12-7-13(16-9-15-12)18-6-5-10(14)8-18/h7,9-11H,2-6,8,14H2,1H3. The summed E-state index contributed by atoms with van der Waals surface area (Å²) in [5, 5.41) is 0. The number of nitrogens with zero attached hydrogens (tertiary/aromatic N) is 4. The van der Waals surface area contributed by atoms with Crippen LogP contribution in [0.5, 0.6) is 0 Å². The highest BCUT2D eigenvalue weighted by Crippen LogP contribution is 2.28. The van der Waals surface area contributed by atoms with Crippen LogP contribution < -0.4 is 15.5 Å². The topological polar surface area (TPSA) is 58.3 Å². The molecule has 98 valence electrons. The molecule has 3 rings (SSSR count). The molecule has 1 aromatic rings. The number of aromatic nitrogens is 2. The molecule has 1 unspecified atom stereocenters. The first-order valence-electron chi connectivity index (χ1n) is 6.79. The number of rotatable bonds is 3. The molecule has 0 bridgehead atoms. The monoisotopic (exact) mass is 247 g/mol. The summed E-state index contributed by atoms with van der Waals surface area (Å²) in [6, 6.07) is 3.04. The van der Waals surface area contributed by atoms with Gasteiger partial charge in [-0.15, -0.1) is 0 Å². The van der Waals surface area contributed by atoms with Gasteiger partial charge in [0.1, 0.15) is 18.0 Å². The van der Waals surface area contributed by atoms with Crippen LogP contribution in [-0.4, -0.2) is 42.2 Å². The molecule has 2 aliphatic rings. The molecule has 5 nitrogen and oxygen atoms in total. The van der Waals surface area contributed by atoms with E-state index in [-0.39, 0.29) is 6.04 Å². The molecule has 1 aliphatic heterocycles. The van der Waals surface area contributed by atoms with Crippen molar-refractivity contribution < 1.29 is 0 Å². The lowest BCUT2D eigenvalue weighted by atomic mass is 9.92. The van der Waals surface area contributed by atoms with Gasteiger partial charge in [0.15, 0.2) is 0 Å². The summed E-state index contributed by atoms with van der Waals surface area (Å²) in [6.45, 7) is 1.91. The van der Waals surface area contributed by atoms with Crippen molar-refractivity contribution >= 4 is 11.6 Å². The van der Waals surface area contributed by atoms with Gasteiger partial charge in [0.05, 0.1) is 0 Å². The van der Waals surface area contributed by atoms with Crippen LogP contribution in [0.25, 0.3) is 0 Å². The molecule has 2 heterocycles. The van der Waals surface area contributed by atoms with Crippen molar-refractivity contribution in [3.05, 3.63) is 12.4 Å². The third-order valence-corrected chi connectivity index (χ3v) is 4.17. The van der Waals surface area contributed by atoms with Gasteiger partial charge in [-0.3, -0.25) is 0 Å². The first-order chi connectivity index (χ1) is 8.74. The van der Waals surface area contributed by atoms with E-state index in [9.17, 15) is 0 Å². The highest BCUT2D eigenvalue weighted by atomic mass is 15.3. The van der Waals surface area contributed by atoms with E-state index >= 15 is 0 Å². The molecule has 1 atom stereocenters. The molecule has 1 aliphatic carbocycles. The number of hydrogen-bond donors (Lipinski definition) is 1.